The predicted molar refractivity (Wildman–Crippen MR) is 97.1 cm³/mol. The van der Waals surface area contributed by atoms with Crippen LogP contribution in [0.2, 0.25) is 0 Å². The average Bonchev–Trinajstić information content (AvgIpc) is 3.16. The van der Waals surface area contributed by atoms with Crippen molar-refractivity contribution < 1.29 is 18.9 Å². The van der Waals surface area contributed by atoms with Crippen LogP contribution in [0.25, 0.3) is 21.6 Å². The highest BCUT2D eigenvalue weighted by molar-refractivity contribution is 7.10. The van der Waals surface area contributed by atoms with Gasteiger partial charge in [-0.05, 0) is 53.0 Å². The molecule has 1 aromatic heterocycles. The minimum Gasteiger partial charge on any atom is -0.493 e. The summed E-state index contributed by atoms with van der Waals surface area (Å²) in [5, 5.41) is 0. The third-order valence-corrected chi connectivity index (χ3v) is 4.92. The van der Waals surface area contributed by atoms with Crippen LogP contribution in [0.3, 0.4) is 0 Å². The smallest absolute Gasteiger partial charge is 0.161 e. The Kier molecular flexibility index (Phi) is 4.19. The molecule has 0 amide bonds. The molecule has 0 N–H and O–H groups in total. The summed E-state index contributed by atoms with van der Waals surface area (Å²) in [4.78, 5) is 1.07. The summed E-state index contributed by atoms with van der Waals surface area (Å²) in [5.74, 6) is 2.96. The Morgan fingerprint density at radius 1 is 0.880 bits per heavy atom. The van der Waals surface area contributed by atoms with Gasteiger partial charge < -0.3 is 18.9 Å². The SMILES string of the molecule is COc1ccc(-c2sncc2-c2ccc3c(c2)OCCO3)cc1OC. The van der Waals surface area contributed by atoms with Crippen LogP contribution in [-0.2, 0) is 0 Å². The van der Waals surface area contributed by atoms with Crippen LogP contribution in [0.5, 0.6) is 23.0 Å². The summed E-state index contributed by atoms with van der Waals surface area (Å²) in [5.41, 5.74) is 3.13. The molecule has 0 fully saturated rings. The van der Waals surface area contributed by atoms with E-state index in [2.05, 4.69) is 4.37 Å². The number of aromatic nitrogens is 1. The topological polar surface area (TPSA) is 49.8 Å². The molecule has 128 valence electrons. The van der Waals surface area contributed by atoms with Crippen molar-refractivity contribution in [3.63, 3.8) is 0 Å². The molecule has 0 bridgehead atoms. The first-order valence-electron chi connectivity index (χ1n) is 7.87. The van der Waals surface area contributed by atoms with E-state index in [4.69, 9.17) is 18.9 Å². The molecule has 25 heavy (non-hydrogen) atoms. The molecule has 0 radical (unpaired) electrons. The van der Waals surface area contributed by atoms with Gasteiger partial charge in [-0.2, -0.15) is 4.37 Å². The van der Waals surface area contributed by atoms with Crippen molar-refractivity contribution in [1.29, 1.82) is 0 Å². The quantitative estimate of drug-likeness (QED) is 0.700. The van der Waals surface area contributed by atoms with Gasteiger partial charge >= 0.3 is 0 Å². The minimum absolute atomic E-state index is 0.570. The third-order valence-electron chi connectivity index (χ3n) is 4.07. The highest BCUT2D eigenvalue weighted by Crippen LogP contribution is 2.41. The number of benzene rings is 2. The molecule has 2 heterocycles. The molecule has 0 spiro atoms. The average molecular weight is 355 g/mol. The number of hydrogen-bond acceptors (Lipinski definition) is 6. The highest BCUT2D eigenvalue weighted by Gasteiger charge is 2.17. The van der Waals surface area contributed by atoms with Crippen molar-refractivity contribution in [2.75, 3.05) is 27.4 Å². The van der Waals surface area contributed by atoms with Crippen LogP contribution in [0.15, 0.2) is 42.6 Å². The second-order valence-electron chi connectivity index (χ2n) is 5.50. The number of fused-ring (bicyclic) bond motifs is 1. The molecular formula is C19H17NO4S. The monoisotopic (exact) mass is 355 g/mol. The number of rotatable bonds is 4. The van der Waals surface area contributed by atoms with Crippen LogP contribution in [0.1, 0.15) is 0 Å². The standard InChI is InChI=1S/C19H17NO4S/c1-21-15-5-4-13(10-17(15)22-2)19-14(11-20-25-19)12-3-6-16-18(9-12)24-8-7-23-16/h3-6,9-11H,7-8H2,1-2H3. The second-order valence-corrected chi connectivity index (χ2v) is 6.30. The van der Waals surface area contributed by atoms with Crippen molar-refractivity contribution in [2.24, 2.45) is 0 Å². The van der Waals surface area contributed by atoms with E-state index in [9.17, 15) is 0 Å². The lowest BCUT2D eigenvalue weighted by Gasteiger charge is -2.19. The van der Waals surface area contributed by atoms with E-state index in [1.54, 1.807) is 14.2 Å². The Morgan fingerprint density at radius 3 is 2.44 bits per heavy atom. The zero-order valence-electron chi connectivity index (χ0n) is 13.9. The van der Waals surface area contributed by atoms with E-state index >= 15 is 0 Å². The summed E-state index contributed by atoms with van der Waals surface area (Å²) < 4.78 is 26.4. The first-order valence-corrected chi connectivity index (χ1v) is 8.64. The number of nitrogens with zero attached hydrogens (tertiary/aromatic N) is 1. The fourth-order valence-electron chi connectivity index (χ4n) is 2.84. The van der Waals surface area contributed by atoms with Crippen LogP contribution in [0, 0.1) is 0 Å². The molecule has 0 aliphatic carbocycles. The zero-order chi connectivity index (χ0) is 17.2. The summed E-state index contributed by atoms with van der Waals surface area (Å²) in [6, 6.07) is 11.9. The molecule has 0 saturated heterocycles. The van der Waals surface area contributed by atoms with E-state index in [0.717, 1.165) is 33.1 Å². The van der Waals surface area contributed by atoms with Crippen molar-refractivity contribution in [1.82, 2.24) is 4.37 Å². The van der Waals surface area contributed by atoms with Crippen molar-refractivity contribution >= 4 is 11.5 Å². The largest absolute Gasteiger partial charge is 0.493 e. The summed E-state index contributed by atoms with van der Waals surface area (Å²) in [6.07, 6.45) is 1.88. The highest BCUT2D eigenvalue weighted by atomic mass is 32.1. The molecular weight excluding hydrogens is 338 g/mol. The molecule has 1 aliphatic heterocycles. The van der Waals surface area contributed by atoms with Crippen LogP contribution >= 0.6 is 11.5 Å². The van der Waals surface area contributed by atoms with Crippen molar-refractivity contribution in [2.45, 2.75) is 0 Å². The van der Waals surface area contributed by atoms with Gasteiger partial charge in [-0.3, -0.25) is 0 Å². The van der Waals surface area contributed by atoms with Crippen LogP contribution in [0.4, 0.5) is 0 Å². The van der Waals surface area contributed by atoms with Gasteiger partial charge in [0.05, 0.1) is 19.1 Å². The van der Waals surface area contributed by atoms with Gasteiger partial charge in [0.15, 0.2) is 23.0 Å². The number of ether oxygens (including phenoxy) is 4. The van der Waals surface area contributed by atoms with Gasteiger partial charge in [-0.1, -0.05) is 6.07 Å². The van der Waals surface area contributed by atoms with Gasteiger partial charge in [0.25, 0.3) is 0 Å². The lowest BCUT2D eigenvalue weighted by atomic mass is 10.0. The van der Waals surface area contributed by atoms with E-state index < -0.39 is 0 Å². The maximum absolute atomic E-state index is 5.70. The number of methoxy groups -OCH3 is 2. The maximum atomic E-state index is 5.70. The normalized spacial score (nSPS) is 12.7. The molecule has 2 aromatic carbocycles. The third kappa shape index (κ3) is 2.89. The molecule has 0 atom stereocenters. The van der Waals surface area contributed by atoms with E-state index in [1.807, 2.05) is 42.6 Å². The Bertz CT molecular complexity index is 852. The van der Waals surface area contributed by atoms with Crippen LogP contribution < -0.4 is 18.9 Å². The van der Waals surface area contributed by atoms with Gasteiger partial charge in [-0.25, -0.2) is 0 Å². The molecule has 0 saturated carbocycles. The molecule has 4 rings (SSSR count). The fraction of sp³-hybridized carbons (Fsp3) is 0.211. The summed E-state index contributed by atoms with van der Waals surface area (Å²) >= 11 is 1.45. The number of hydrogen-bond donors (Lipinski definition) is 0. The zero-order valence-corrected chi connectivity index (χ0v) is 14.8. The first-order chi connectivity index (χ1) is 12.3. The Morgan fingerprint density at radius 2 is 1.64 bits per heavy atom. The molecule has 5 nitrogen and oxygen atoms in total. The fourth-order valence-corrected chi connectivity index (χ4v) is 3.61. The van der Waals surface area contributed by atoms with Gasteiger partial charge in [0.2, 0.25) is 0 Å². The Labute approximate surface area is 149 Å². The minimum atomic E-state index is 0.570. The lowest BCUT2D eigenvalue weighted by molar-refractivity contribution is 0.171. The molecule has 0 unspecified atom stereocenters. The van der Waals surface area contributed by atoms with Gasteiger partial charge in [0.1, 0.15) is 13.2 Å². The van der Waals surface area contributed by atoms with E-state index in [0.29, 0.717) is 24.7 Å². The molecule has 3 aromatic rings. The summed E-state index contributed by atoms with van der Waals surface area (Å²) in [6.45, 7) is 1.16. The molecule has 6 heteroatoms. The van der Waals surface area contributed by atoms with Gasteiger partial charge in [-0.15, -0.1) is 0 Å². The Balaban J connectivity index is 1.76. The predicted octanol–water partition coefficient (Wildman–Crippen LogP) is 4.27. The Hall–Kier alpha value is -2.73. The maximum Gasteiger partial charge on any atom is 0.161 e. The lowest BCUT2D eigenvalue weighted by Crippen LogP contribution is -2.15. The van der Waals surface area contributed by atoms with E-state index in [1.165, 1.54) is 11.5 Å². The molecule has 1 aliphatic rings. The van der Waals surface area contributed by atoms with Crippen LogP contribution in [-0.4, -0.2) is 31.8 Å². The van der Waals surface area contributed by atoms with Crippen molar-refractivity contribution in [3.05, 3.63) is 42.6 Å². The summed E-state index contributed by atoms with van der Waals surface area (Å²) in [7, 11) is 3.26. The first kappa shape index (κ1) is 15.8. The second kappa shape index (κ2) is 6.64. The van der Waals surface area contributed by atoms with Gasteiger partial charge in [0, 0.05) is 11.8 Å². The van der Waals surface area contributed by atoms with E-state index in [-0.39, 0.29) is 0 Å². The van der Waals surface area contributed by atoms with Crippen molar-refractivity contribution in [3.8, 4) is 44.6 Å².